The molecule has 92 valence electrons. The van der Waals surface area contributed by atoms with E-state index in [1.165, 1.54) is 0 Å². The lowest BCUT2D eigenvalue weighted by Crippen LogP contribution is -2.51. The molecule has 2 fully saturated rings. The second-order valence-corrected chi connectivity index (χ2v) is 4.83. The zero-order valence-electron chi connectivity index (χ0n) is 9.66. The van der Waals surface area contributed by atoms with Crippen molar-refractivity contribution in [3.05, 3.63) is 0 Å². The Morgan fingerprint density at radius 1 is 1.50 bits per heavy atom. The van der Waals surface area contributed by atoms with Crippen molar-refractivity contribution in [3.8, 4) is 0 Å². The van der Waals surface area contributed by atoms with Crippen molar-refractivity contribution >= 4 is 5.91 Å². The fourth-order valence-corrected chi connectivity index (χ4v) is 2.24. The van der Waals surface area contributed by atoms with Crippen molar-refractivity contribution in [3.63, 3.8) is 0 Å². The van der Waals surface area contributed by atoms with Gasteiger partial charge < -0.3 is 20.5 Å². The Labute approximate surface area is 95.5 Å². The predicted octanol–water partition coefficient (Wildman–Crippen LogP) is -0.748. The highest BCUT2D eigenvalue weighted by molar-refractivity contribution is 5.80. The number of hydrogen-bond acceptors (Lipinski definition) is 4. The van der Waals surface area contributed by atoms with Crippen molar-refractivity contribution in [2.45, 2.75) is 30.9 Å². The van der Waals surface area contributed by atoms with E-state index in [1.807, 2.05) is 7.05 Å². The maximum Gasteiger partial charge on any atom is 0.227 e. The van der Waals surface area contributed by atoms with E-state index >= 15 is 0 Å². The van der Waals surface area contributed by atoms with Crippen molar-refractivity contribution < 1.29 is 14.6 Å². The van der Waals surface area contributed by atoms with Crippen LogP contribution in [0.5, 0.6) is 0 Å². The molecule has 0 aromatic heterocycles. The molecule has 1 saturated carbocycles. The lowest BCUT2D eigenvalue weighted by molar-refractivity contribution is -0.127. The lowest BCUT2D eigenvalue weighted by atomic mass is 9.80. The van der Waals surface area contributed by atoms with Crippen LogP contribution in [-0.4, -0.2) is 49.5 Å². The molecule has 1 saturated heterocycles. The van der Waals surface area contributed by atoms with Gasteiger partial charge in [0.15, 0.2) is 0 Å². The first-order valence-corrected chi connectivity index (χ1v) is 5.90. The summed E-state index contributed by atoms with van der Waals surface area (Å²) in [4.78, 5) is 11.9. The molecule has 0 radical (unpaired) electrons. The molecule has 0 spiro atoms. The van der Waals surface area contributed by atoms with Crippen LogP contribution in [0.1, 0.15) is 19.3 Å². The van der Waals surface area contributed by atoms with Crippen molar-refractivity contribution in [2.75, 3.05) is 26.8 Å². The van der Waals surface area contributed by atoms with Gasteiger partial charge in [-0.2, -0.15) is 0 Å². The highest BCUT2D eigenvalue weighted by atomic mass is 16.5. The van der Waals surface area contributed by atoms with E-state index in [4.69, 9.17) is 4.74 Å². The molecule has 1 aliphatic carbocycles. The number of carbonyl (C=O) groups excluding carboxylic acids is 1. The minimum atomic E-state index is -0.649. The summed E-state index contributed by atoms with van der Waals surface area (Å²) < 4.78 is 5.27. The van der Waals surface area contributed by atoms with Gasteiger partial charge in [-0.3, -0.25) is 4.79 Å². The largest absolute Gasteiger partial charge is 0.388 e. The molecule has 1 amide bonds. The molecule has 2 atom stereocenters. The monoisotopic (exact) mass is 228 g/mol. The standard InChI is InChI=1S/C11H20N2O3/c1-12-9-6-16-5-8(9)10(14)13-7-11(15)3-2-4-11/h8-9,12,15H,2-7H2,1H3,(H,13,14). The van der Waals surface area contributed by atoms with Gasteiger partial charge in [0, 0.05) is 12.6 Å². The molecule has 1 aliphatic heterocycles. The molecule has 2 rings (SSSR count). The highest BCUT2D eigenvalue weighted by Crippen LogP contribution is 2.30. The van der Waals surface area contributed by atoms with Crippen LogP contribution in [0.3, 0.4) is 0 Å². The number of aliphatic hydroxyl groups is 1. The van der Waals surface area contributed by atoms with E-state index < -0.39 is 5.60 Å². The van der Waals surface area contributed by atoms with E-state index in [2.05, 4.69) is 10.6 Å². The van der Waals surface area contributed by atoms with E-state index in [9.17, 15) is 9.90 Å². The van der Waals surface area contributed by atoms with Gasteiger partial charge in [0.05, 0.1) is 24.7 Å². The van der Waals surface area contributed by atoms with Gasteiger partial charge in [-0.1, -0.05) is 0 Å². The number of rotatable bonds is 4. The smallest absolute Gasteiger partial charge is 0.227 e. The Hall–Kier alpha value is -0.650. The summed E-state index contributed by atoms with van der Waals surface area (Å²) in [5, 5.41) is 15.8. The number of hydrogen-bond donors (Lipinski definition) is 3. The fraction of sp³-hybridized carbons (Fsp3) is 0.909. The third kappa shape index (κ3) is 2.36. The summed E-state index contributed by atoms with van der Waals surface area (Å²) in [5.74, 6) is -0.147. The normalized spacial score (nSPS) is 32.1. The maximum absolute atomic E-state index is 11.9. The first kappa shape index (κ1) is 11.8. The van der Waals surface area contributed by atoms with Gasteiger partial charge >= 0.3 is 0 Å². The molecule has 16 heavy (non-hydrogen) atoms. The van der Waals surface area contributed by atoms with Gasteiger partial charge in [0.2, 0.25) is 5.91 Å². The molecule has 2 unspecified atom stereocenters. The van der Waals surface area contributed by atoms with Gasteiger partial charge in [0.1, 0.15) is 0 Å². The van der Waals surface area contributed by atoms with E-state index in [1.54, 1.807) is 0 Å². The second-order valence-electron chi connectivity index (χ2n) is 4.83. The molecule has 5 heteroatoms. The third-order valence-corrected chi connectivity index (χ3v) is 3.66. The van der Waals surface area contributed by atoms with Gasteiger partial charge in [-0.25, -0.2) is 0 Å². The minimum absolute atomic E-state index is 0.0165. The topological polar surface area (TPSA) is 70.6 Å². The van der Waals surface area contributed by atoms with Gasteiger partial charge in [-0.15, -0.1) is 0 Å². The van der Waals surface area contributed by atoms with E-state index in [-0.39, 0.29) is 17.9 Å². The molecular weight excluding hydrogens is 208 g/mol. The van der Waals surface area contributed by atoms with Crippen molar-refractivity contribution in [2.24, 2.45) is 5.92 Å². The van der Waals surface area contributed by atoms with Crippen LogP contribution in [0.2, 0.25) is 0 Å². The molecule has 1 heterocycles. The first-order chi connectivity index (χ1) is 7.64. The molecule has 2 aliphatic rings. The number of ether oxygens (including phenoxy) is 1. The number of amides is 1. The summed E-state index contributed by atoms with van der Waals surface area (Å²) in [5.41, 5.74) is -0.649. The average molecular weight is 228 g/mol. The average Bonchev–Trinajstić information content (AvgIpc) is 2.71. The Kier molecular flexibility index (Phi) is 3.47. The van der Waals surface area contributed by atoms with Crippen molar-refractivity contribution in [1.82, 2.24) is 10.6 Å². The summed E-state index contributed by atoms with van der Waals surface area (Å²) in [7, 11) is 1.83. The molecule has 0 aromatic carbocycles. The first-order valence-electron chi connectivity index (χ1n) is 5.90. The molecular formula is C11H20N2O3. The zero-order valence-corrected chi connectivity index (χ0v) is 9.66. The summed E-state index contributed by atoms with van der Waals surface area (Å²) in [6.07, 6.45) is 2.64. The lowest BCUT2D eigenvalue weighted by Gasteiger charge is -2.36. The Morgan fingerprint density at radius 3 is 2.81 bits per heavy atom. The third-order valence-electron chi connectivity index (χ3n) is 3.66. The van der Waals surface area contributed by atoms with E-state index in [0.717, 1.165) is 19.3 Å². The van der Waals surface area contributed by atoms with Gasteiger partial charge in [-0.05, 0) is 26.3 Å². The van der Waals surface area contributed by atoms with Crippen molar-refractivity contribution in [1.29, 1.82) is 0 Å². The number of carbonyl (C=O) groups is 1. The molecule has 0 bridgehead atoms. The number of likely N-dealkylation sites (N-methyl/N-ethyl adjacent to an activating group) is 1. The van der Waals surface area contributed by atoms with Crippen LogP contribution >= 0.6 is 0 Å². The van der Waals surface area contributed by atoms with Crippen LogP contribution in [0.4, 0.5) is 0 Å². The molecule has 3 N–H and O–H groups in total. The van der Waals surface area contributed by atoms with Crippen LogP contribution < -0.4 is 10.6 Å². The predicted molar refractivity (Wildman–Crippen MR) is 59.0 cm³/mol. The Balaban J connectivity index is 1.78. The quantitative estimate of drug-likeness (QED) is 0.592. The number of nitrogens with one attached hydrogen (secondary N) is 2. The van der Waals surface area contributed by atoms with Crippen LogP contribution in [0.25, 0.3) is 0 Å². The maximum atomic E-state index is 11.9. The van der Waals surface area contributed by atoms with Crippen LogP contribution in [-0.2, 0) is 9.53 Å². The van der Waals surface area contributed by atoms with Gasteiger partial charge in [0.25, 0.3) is 0 Å². The summed E-state index contributed by atoms with van der Waals surface area (Å²) in [6, 6.07) is 0.0935. The zero-order chi connectivity index (χ0) is 11.6. The summed E-state index contributed by atoms with van der Waals surface area (Å²) >= 11 is 0. The second kappa shape index (κ2) is 4.69. The SMILES string of the molecule is CNC1COCC1C(=O)NCC1(O)CCC1. The van der Waals surface area contributed by atoms with Crippen LogP contribution in [0.15, 0.2) is 0 Å². The highest BCUT2D eigenvalue weighted by Gasteiger charge is 2.37. The van der Waals surface area contributed by atoms with E-state index in [0.29, 0.717) is 19.8 Å². The fourth-order valence-electron chi connectivity index (χ4n) is 2.24. The molecule has 0 aromatic rings. The Bertz CT molecular complexity index is 266. The van der Waals surface area contributed by atoms with Crippen LogP contribution in [0, 0.1) is 5.92 Å². The Morgan fingerprint density at radius 2 is 2.25 bits per heavy atom. The summed E-state index contributed by atoms with van der Waals surface area (Å²) in [6.45, 7) is 1.42. The molecule has 5 nitrogen and oxygen atoms in total. The minimum Gasteiger partial charge on any atom is -0.388 e.